The first-order valence-electron chi connectivity index (χ1n) is 9.76. The van der Waals surface area contributed by atoms with Crippen LogP contribution in [0.25, 0.3) is 0 Å². The maximum absolute atomic E-state index is 12.8. The number of nitrogens with zero attached hydrogens (tertiary/aromatic N) is 5. The van der Waals surface area contributed by atoms with Gasteiger partial charge in [0.15, 0.2) is 5.82 Å². The van der Waals surface area contributed by atoms with Crippen LogP contribution in [0.15, 0.2) is 6.07 Å². The second-order valence-electron chi connectivity index (χ2n) is 7.62. The van der Waals surface area contributed by atoms with Gasteiger partial charge in [-0.25, -0.2) is 0 Å². The van der Waals surface area contributed by atoms with Gasteiger partial charge in [-0.15, -0.1) is 5.10 Å². The third kappa shape index (κ3) is 3.39. The van der Waals surface area contributed by atoms with E-state index in [9.17, 15) is 9.59 Å². The molecule has 0 saturated carbocycles. The molecular weight excluding hydrogens is 330 g/mol. The number of hydrogen-bond acceptors (Lipinski definition) is 5. The van der Waals surface area contributed by atoms with Crippen molar-refractivity contribution in [1.29, 1.82) is 0 Å². The highest BCUT2D eigenvalue weighted by molar-refractivity contribution is 5.80. The first kappa shape index (κ1) is 17.2. The Labute approximate surface area is 154 Å². The molecule has 0 aromatic carbocycles. The van der Waals surface area contributed by atoms with E-state index in [4.69, 9.17) is 0 Å². The normalized spacial score (nSPS) is 21.0. The van der Waals surface area contributed by atoms with Crippen molar-refractivity contribution in [3.63, 3.8) is 0 Å². The highest BCUT2D eigenvalue weighted by atomic mass is 16.2. The van der Waals surface area contributed by atoms with Crippen molar-refractivity contribution < 1.29 is 9.59 Å². The molecule has 0 unspecified atom stereocenters. The van der Waals surface area contributed by atoms with Gasteiger partial charge in [-0.2, -0.15) is 5.10 Å². The van der Waals surface area contributed by atoms with Crippen LogP contribution in [0.1, 0.15) is 37.4 Å². The summed E-state index contributed by atoms with van der Waals surface area (Å²) >= 11 is 0. The minimum atomic E-state index is 0.0666. The molecule has 3 aliphatic rings. The van der Waals surface area contributed by atoms with Crippen LogP contribution >= 0.6 is 0 Å². The molecule has 0 N–H and O–H groups in total. The molecule has 1 aromatic rings. The van der Waals surface area contributed by atoms with Crippen molar-refractivity contribution in [2.75, 3.05) is 44.2 Å². The molecule has 7 nitrogen and oxygen atoms in total. The van der Waals surface area contributed by atoms with Crippen LogP contribution in [0.2, 0.25) is 0 Å². The SMILES string of the molecule is CC(=O)N1CCC(C(=O)N2CCN(c3cc4c(nn3)CCC4)CC2)CC1. The third-order valence-corrected chi connectivity index (χ3v) is 6.01. The highest BCUT2D eigenvalue weighted by Crippen LogP contribution is 2.24. The monoisotopic (exact) mass is 357 g/mol. The fourth-order valence-electron chi connectivity index (χ4n) is 4.33. The molecule has 0 atom stereocenters. The molecule has 3 heterocycles. The van der Waals surface area contributed by atoms with Crippen molar-refractivity contribution >= 4 is 17.6 Å². The highest BCUT2D eigenvalue weighted by Gasteiger charge is 2.31. The molecule has 140 valence electrons. The van der Waals surface area contributed by atoms with Crippen LogP contribution < -0.4 is 4.90 Å². The van der Waals surface area contributed by atoms with Gasteiger partial charge in [-0.05, 0) is 43.7 Å². The average molecular weight is 357 g/mol. The number of piperazine rings is 1. The lowest BCUT2D eigenvalue weighted by molar-refractivity contribution is -0.140. The summed E-state index contributed by atoms with van der Waals surface area (Å²) in [6.07, 6.45) is 4.91. The third-order valence-electron chi connectivity index (χ3n) is 6.01. The van der Waals surface area contributed by atoms with E-state index < -0.39 is 0 Å². The van der Waals surface area contributed by atoms with Crippen LogP contribution in [-0.2, 0) is 22.4 Å². The van der Waals surface area contributed by atoms with Crippen LogP contribution in [0, 0.1) is 5.92 Å². The predicted molar refractivity (Wildman–Crippen MR) is 97.8 cm³/mol. The minimum Gasteiger partial charge on any atom is -0.352 e. The Morgan fingerprint density at radius 3 is 2.38 bits per heavy atom. The van der Waals surface area contributed by atoms with E-state index in [1.165, 1.54) is 12.0 Å². The second kappa shape index (κ2) is 7.21. The Bertz CT molecular complexity index is 691. The molecule has 26 heavy (non-hydrogen) atoms. The van der Waals surface area contributed by atoms with Gasteiger partial charge in [0.1, 0.15) is 0 Å². The van der Waals surface area contributed by atoms with Gasteiger partial charge in [0.25, 0.3) is 0 Å². The maximum atomic E-state index is 12.8. The number of aromatic nitrogens is 2. The summed E-state index contributed by atoms with van der Waals surface area (Å²) in [6.45, 7) is 6.11. The zero-order valence-corrected chi connectivity index (χ0v) is 15.5. The summed E-state index contributed by atoms with van der Waals surface area (Å²) in [4.78, 5) is 30.3. The second-order valence-corrected chi connectivity index (χ2v) is 7.62. The number of fused-ring (bicyclic) bond motifs is 1. The van der Waals surface area contributed by atoms with E-state index in [2.05, 4.69) is 21.2 Å². The van der Waals surface area contributed by atoms with Crippen LogP contribution in [-0.4, -0.2) is 71.1 Å². The number of aryl methyl sites for hydroxylation is 2. The average Bonchev–Trinajstić information content (AvgIpc) is 3.15. The number of rotatable bonds is 2. The summed E-state index contributed by atoms with van der Waals surface area (Å²) in [7, 11) is 0. The Balaban J connectivity index is 1.31. The molecule has 0 bridgehead atoms. The van der Waals surface area contributed by atoms with E-state index in [-0.39, 0.29) is 17.7 Å². The molecule has 0 spiro atoms. The van der Waals surface area contributed by atoms with Gasteiger partial charge in [0, 0.05) is 52.1 Å². The number of carbonyl (C=O) groups is 2. The van der Waals surface area contributed by atoms with Crippen molar-refractivity contribution in [3.8, 4) is 0 Å². The number of carbonyl (C=O) groups excluding carboxylic acids is 2. The first-order valence-corrected chi connectivity index (χ1v) is 9.76. The lowest BCUT2D eigenvalue weighted by Gasteiger charge is -2.38. The molecule has 2 aliphatic heterocycles. The number of likely N-dealkylation sites (tertiary alicyclic amines) is 1. The van der Waals surface area contributed by atoms with Gasteiger partial charge in [0.05, 0.1) is 5.69 Å². The first-order chi connectivity index (χ1) is 12.6. The fourth-order valence-corrected chi connectivity index (χ4v) is 4.33. The zero-order chi connectivity index (χ0) is 18.1. The Morgan fingerprint density at radius 2 is 1.69 bits per heavy atom. The number of anilines is 1. The lowest BCUT2D eigenvalue weighted by atomic mass is 9.95. The van der Waals surface area contributed by atoms with Gasteiger partial charge in [-0.3, -0.25) is 9.59 Å². The molecule has 0 radical (unpaired) electrons. The van der Waals surface area contributed by atoms with E-state index in [0.29, 0.717) is 13.1 Å². The molecule has 2 fully saturated rings. The molecule has 2 amide bonds. The standard InChI is InChI=1S/C19H27N5O2/c1-14(25)22-7-5-15(6-8-22)19(26)24-11-9-23(10-12-24)18-13-16-3-2-4-17(16)20-21-18/h13,15H,2-12H2,1H3. The Morgan fingerprint density at radius 1 is 0.962 bits per heavy atom. The van der Waals surface area contributed by atoms with Gasteiger partial charge < -0.3 is 14.7 Å². The van der Waals surface area contributed by atoms with Gasteiger partial charge in [0.2, 0.25) is 11.8 Å². The number of hydrogen-bond donors (Lipinski definition) is 0. The summed E-state index contributed by atoms with van der Waals surface area (Å²) < 4.78 is 0. The summed E-state index contributed by atoms with van der Waals surface area (Å²) in [5.74, 6) is 1.39. The van der Waals surface area contributed by atoms with Crippen molar-refractivity contribution in [2.24, 2.45) is 5.92 Å². The summed E-state index contributed by atoms with van der Waals surface area (Å²) in [5.41, 5.74) is 2.49. The summed E-state index contributed by atoms with van der Waals surface area (Å²) in [6, 6.07) is 2.18. The Hall–Kier alpha value is -2.18. The van der Waals surface area contributed by atoms with Crippen LogP contribution in [0.5, 0.6) is 0 Å². The molecule has 4 rings (SSSR count). The molecule has 7 heteroatoms. The molecular formula is C19H27N5O2. The Kier molecular flexibility index (Phi) is 4.78. The summed E-state index contributed by atoms with van der Waals surface area (Å²) in [5, 5.41) is 8.77. The van der Waals surface area contributed by atoms with Crippen molar-refractivity contribution in [1.82, 2.24) is 20.0 Å². The van der Waals surface area contributed by atoms with Crippen LogP contribution in [0.3, 0.4) is 0 Å². The van der Waals surface area contributed by atoms with Crippen molar-refractivity contribution in [2.45, 2.75) is 39.0 Å². The number of piperidine rings is 1. The number of amides is 2. The van der Waals surface area contributed by atoms with E-state index >= 15 is 0 Å². The van der Waals surface area contributed by atoms with Crippen LogP contribution in [0.4, 0.5) is 5.82 Å². The van der Waals surface area contributed by atoms with E-state index in [1.54, 1.807) is 6.92 Å². The molecule has 2 saturated heterocycles. The van der Waals surface area contributed by atoms with Gasteiger partial charge >= 0.3 is 0 Å². The quantitative estimate of drug-likeness (QED) is 0.786. The van der Waals surface area contributed by atoms with Gasteiger partial charge in [-0.1, -0.05) is 0 Å². The topological polar surface area (TPSA) is 69.6 Å². The largest absolute Gasteiger partial charge is 0.352 e. The zero-order valence-electron chi connectivity index (χ0n) is 15.5. The van der Waals surface area contributed by atoms with E-state index in [0.717, 1.165) is 63.4 Å². The predicted octanol–water partition coefficient (Wildman–Crippen LogP) is 0.872. The van der Waals surface area contributed by atoms with Crippen molar-refractivity contribution in [3.05, 3.63) is 17.3 Å². The van der Waals surface area contributed by atoms with E-state index in [1.807, 2.05) is 9.80 Å². The molecule has 1 aromatic heterocycles. The molecule has 1 aliphatic carbocycles. The lowest BCUT2D eigenvalue weighted by Crippen LogP contribution is -2.52. The smallest absolute Gasteiger partial charge is 0.225 e. The minimum absolute atomic E-state index is 0.0666. The fraction of sp³-hybridized carbons (Fsp3) is 0.684. The maximum Gasteiger partial charge on any atom is 0.225 e.